The summed E-state index contributed by atoms with van der Waals surface area (Å²) in [4.78, 5) is 15.5. The van der Waals surface area contributed by atoms with Crippen LogP contribution in [0.25, 0.3) is 11.3 Å². The molecule has 0 saturated carbocycles. The van der Waals surface area contributed by atoms with Crippen LogP contribution in [0.4, 0.5) is 5.95 Å². The molecule has 14 heavy (non-hydrogen) atoms. The van der Waals surface area contributed by atoms with E-state index in [-0.39, 0.29) is 11.2 Å². The van der Waals surface area contributed by atoms with Gasteiger partial charge in [0.05, 0.1) is 5.69 Å². The highest BCUT2D eigenvalue weighted by Crippen LogP contribution is 2.15. The maximum atomic E-state index is 5.64. The molecule has 0 unspecified atom stereocenters. The van der Waals surface area contributed by atoms with Gasteiger partial charge in [0.1, 0.15) is 0 Å². The minimum Gasteiger partial charge on any atom is -0.368 e. The van der Waals surface area contributed by atoms with Crippen LogP contribution in [0.15, 0.2) is 24.7 Å². The van der Waals surface area contributed by atoms with E-state index >= 15 is 0 Å². The first kappa shape index (κ1) is 8.83. The summed E-state index contributed by atoms with van der Waals surface area (Å²) in [5.74, 6) is 0.230. The molecule has 0 spiro atoms. The van der Waals surface area contributed by atoms with Crippen molar-refractivity contribution in [1.29, 1.82) is 0 Å². The van der Waals surface area contributed by atoms with Crippen molar-refractivity contribution in [3.8, 4) is 11.3 Å². The topological polar surface area (TPSA) is 77.6 Å². The predicted molar refractivity (Wildman–Crippen MR) is 52.5 cm³/mol. The van der Waals surface area contributed by atoms with E-state index in [4.69, 9.17) is 17.3 Å². The smallest absolute Gasteiger partial charge is 0.222 e. The molecule has 2 rings (SSSR count). The molecule has 5 nitrogen and oxygen atoms in total. The van der Waals surface area contributed by atoms with Gasteiger partial charge >= 0.3 is 0 Å². The third-order valence-corrected chi connectivity index (χ3v) is 1.78. The van der Waals surface area contributed by atoms with Crippen molar-refractivity contribution in [2.75, 3.05) is 5.73 Å². The van der Waals surface area contributed by atoms with Gasteiger partial charge in [-0.25, -0.2) is 19.9 Å². The Morgan fingerprint density at radius 2 is 1.86 bits per heavy atom. The molecule has 0 atom stereocenters. The molecular weight excluding hydrogens is 202 g/mol. The molecule has 0 aliphatic heterocycles. The summed E-state index contributed by atoms with van der Waals surface area (Å²) in [6, 6.07) is 1.72. The van der Waals surface area contributed by atoms with Crippen molar-refractivity contribution in [3.05, 3.63) is 29.9 Å². The first-order chi connectivity index (χ1) is 6.75. The van der Waals surface area contributed by atoms with E-state index in [9.17, 15) is 0 Å². The molecule has 0 fully saturated rings. The van der Waals surface area contributed by atoms with Crippen LogP contribution in [-0.4, -0.2) is 19.9 Å². The maximum Gasteiger partial charge on any atom is 0.222 e. The number of aromatic nitrogens is 4. The van der Waals surface area contributed by atoms with Crippen LogP contribution in [0.1, 0.15) is 0 Å². The highest BCUT2D eigenvalue weighted by molar-refractivity contribution is 6.28. The monoisotopic (exact) mass is 207 g/mol. The number of rotatable bonds is 1. The summed E-state index contributed by atoms with van der Waals surface area (Å²) in [5, 5.41) is 0.194. The van der Waals surface area contributed by atoms with Gasteiger partial charge < -0.3 is 5.73 Å². The lowest BCUT2D eigenvalue weighted by Gasteiger charge is -1.99. The van der Waals surface area contributed by atoms with E-state index in [1.807, 2.05) is 0 Å². The van der Waals surface area contributed by atoms with Crippen LogP contribution in [0.5, 0.6) is 0 Å². The average molecular weight is 208 g/mol. The molecular formula is C8H6ClN5. The number of hydrogen-bond donors (Lipinski definition) is 1. The molecule has 2 aromatic heterocycles. The lowest BCUT2D eigenvalue weighted by Crippen LogP contribution is -1.94. The summed E-state index contributed by atoms with van der Waals surface area (Å²) < 4.78 is 0. The van der Waals surface area contributed by atoms with Gasteiger partial charge in [-0.1, -0.05) is 0 Å². The largest absolute Gasteiger partial charge is 0.368 e. The Morgan fingerprint density at radius 1 is 1.14 bits per heavy atom. The van der Waals surface area contributed by atoms with Gasteiger partial charge in [-0.2, -0.15) is 0 Å². The molecule has 6 heteroatoms. The van der Waals surface area contributed by atoms with E-state index in [2.05, 4.69) is 19.9 Å². The third-order valence-electron chi connectivity index (χ3n) is 1.59. The minimum absolute atomic E-state index is 0.194. The van der Waals surface area contributed by atoms with Gasteiger partial charge in [0.25, 0.3) is 0 Å². The second kappa shape index (κ2) is 3.55. The van der Waals surface area contributed by atoms with Crippen molar-refractivity contribution in [1.82, 2.24) is 19.9 Å². The molecule has 0 aliphatic carbocycles. The van der Waals surface area contributed by atoms with Crippen molar-refractivity contribution in [3.63, 3.8) is 0 Å². The fourth-order valence-corrected chi connectivity index (χ4v) is 1.11. The lowest BCUT2D eigenvalue weighted by atomic mass is 10.2. The zero-order valence-electron chi connectivity index (χ0n) is 7.05. The van der Waals surface area contributed by atoms with E-state index in [0.717, 1.165) is 5.56 Å². The minimum atomic E-state index is 0.194. The fraction of sp³-hybridized carbons (Fsp3) is 0. The average Bonchev–Trinajstić information content (AvgIpc) is 2.19. The van der Waals surface area contributed by atoms with Gasteiger partial charge in [-0.15, -0.1) is 0 Å². The van der Waals surface area contributed by atoms with Crippen LogP contribution in [0.3, 0.4) is 0 Å². The summed E-state index contributed by atoms with van der Waals surface area (Å²) in [6.45, 7) is 0. The Hall–Kier alpha value is -1.75. The number of nitrogen functional groups attached to an aromatic ring is 1. The molecule has 0 aromatic carbocycles. The van der Waals surface area contributed by atoms with Crippen LogP contribution in [0, 0.1) is 0 Å². The van der Waals surface area contributed by atoms with Crippen LogP contribution in [0.2, 0.25) is 5.28 Å². The first-order valence-corrected chi connectivity index (χ1v) is 4.20. The molecule has 0 amide bonds. The normalized spacial score (nSPS) is 10.1. The van der Waals surface area contributed by atoms with Crippen molar-refractivity contribution >= 4 is 17.5 Å². The summed E-state index contributed by atoms with van der Waals surface area (Å²) in [5.41, 5.74) is 6.78. The first-order valence-electron chi connectivity index (χ1n) is 3.82. The van der Waals surface area contributed by atoms with Gasteiger partial charge in [0.15, 0.2) is 0 Å². The van der Waals surface area contributed by atoms with E-state index < -0.39 is 0 Å². The summed E-state index contributed by atoms with van der Waals surface area (Å²) in [6.07, 6.45) is 4.74. The predicted octanol–water partition coefficient (Wildman–Crippen LogP) is 1.17. The van der Waals surface area contributed by atoms with E-state index in [1.165, 1.54) is 0 Å². The Bertz CT molecular complexity index is 442. The molecule has 70 valence electrons. The van der Waals surface area contributed by atoms with Crippen LogP contribution in [-0.2, 0) is 0 Å². The number of hydrogen-bond acceptors (Lipinski definition) is 5. The standard InChI is InChI=1S/C8H6ClN5/c9-7-11-2-1-6(14-7)5-3-12-8(10)13-4-5/h1-4H,(H2,10,12,13). The second-order valence-corrected chi connectivity index (χ2v) is 2.88. The Balaban J connectivity index is 2.44. The molecule has 2 N–H and O–H groups in total. The number of anilines is 1. The molecule has 2 heterocycles. The molecule has 2 aromatic rings. The Morgan fingerprint density at radius 3 is 2.50 bits per heavy atom. The molecule has 0 saturated heterocycles. The second-order valence-electron chi connectivity index (χ2n) is 2.54. The van der Waals surface area contributed by atoms with Gasteiger partial charge in [-0.3, -0.25) is 0 Å². The highest BCUT2D eigenvalue weighted by Gasteiger charge is 2.01. The van der Waals surface area contributed by atoms with E-state index in [0.29, 0.717) is 5.69 Å². The number of halogens is 1. The van der Waals surface area contributed by atoms with E-state index in [1.54, 1.807) is 24.7 Å². The SMILES string of the molecule is Nc1ncc(-c2ccnc(Cl)n2)cn1. The van der Waals surface area contributed by atoms with Crippen LogP contribution >= 0.6 is 11.6 Å². The van der Waals surface area contributed by atoms with Crippen LogP contribution < -0.4 is 5.73 Å². The Labute approximate surface area is 85.0 Å². The third kappa shape index (κ3) is 1.77. The lowest BCUT2D eigenvalue weighted by molar-refractivity contribution is 1.14. The van der Waals surface area contributed by atoms with Crippen molar-refractivity contribution in [2.45, 2.75) is 0 Å². The fourth-order valence-electron chi connectivity index (χ4n) is 0.966. The van der Waals surface area contributed by atoms with Gasteiger partial charge in [-0.05, 0) is 17.7 Å². The molecule has 0 radical (unpaired) electrons. The summed E-state index contributed by atoms with van der Waals surface area (Å²) >= 11 is 5.64. The zero-order chi connectivity index (χ0) is 9.97. The zero-order valence-corrected chi connectivity index (χ0v) is 7.81. The number of nitrogens with zero attached hydrogens (tertiary/aromatic N) is 4. The highest BCUT2D eigenvalue weighted by atomic mass is 35.5. The summed E-state index contributed by atoms with van der Waals surface area (Å²) in [7, 11) is 0. The van der Waals surface area contributed by atoms with Crippen molar-refractivity contribution in [2.24, 2.45) is 0 Å². The quantitative estimate of drug-likeness (QED) is 0.711. The number of nitrogens with two attached hydrogens (primary N) is 1. The van der Waals surface area contributed by atoms with Gasteiger partial charge in [0, 0.05) is 24.2 Å². The molecule has 0 aliphatic rings. The van der Waals surface area contributed by atoms with Crippen molar-refractivity contribution < 1.29 is 0 Å². The maximum absolute atomic E-state index is 5.64. The van der Waals surface area contributed by atoms with Gasteiger partial charge in [0.2, 0.25) is 11.2 Å². The Kier molecular flexibility index (Phi) is 2.24. The molecule has 0 bridgehead atoms.